The van der Waals surface area contributed by atoms with Crippen molar-refractivity contribution in [3.63, 3.8) is 0 Å². The summed E-state index contributed by atoms with van der Waals surface area (Å²) in [6.45, 7) is 1.77. The van der Waals surface area contributed by atoms with Gasteiger partial charge in [0.2, 0.25) is 15.7 Å². The lowest BCUT2D eigenvalue weighted by Gasteiger charge is -2.32. The molecular weight excluding hydrogens is 430 g/mol. The molecule has 32 heavy (non-hydrogen) atoms. The number of fused-ring (bicyclic) bond motifs is 1. The van der Waals surface area contributed by atoms with Gasteiger partial charge in [0, 0.05) is 54.5 Å². The highest BCUT2D eigenvalue weighted by Crippen LogP contribution is 2.38. The quantitative estimate of drug-likeness (QED) is 0.556. The van der Waals surface area contributed by atoms with Gasteiger partial charge in [-0.3, -0.25) is 5.10 Å². The number of nitrogens with one attached hydrogen (secondary N) is 1. The topological polar surface area (TPSA) is 138 Å². The van der Waals surface area contributed by atoms with Gasteiger partial charge in [-0.2, -0.15) is 15.3 Å². The van der Waals surface area contributed by atoms with Crippen LogP contribution in [0.5, 0.6) is 5.88 Å². The van der Waals surface area contributed by atoms with E-state index in [0.717, 1.165) is 42.2 Å². The highest BCUT2D eigenvalue weighted by Gasteiger charge is 2.38. The Morgan fingerprint density at radius 1 is 1.31 bits per heavy atom. The molecule has 5 rings (SSSR count). The lowest BCUT2D eigenvalue weighted by atomic mass is 9.92. The lowest BCUT2D eigenvalue weighted by Crippen LogP contribution is -2.34. The average Bonchev–Trinajstić information content (AvgIpc) is 3.44. The van der Waals surface area contributed by atoms with Gasteiger partial charge in [0.1, 0.15) is 5.82 Å². The van der Waals surface area contributed by atoms with Gasteiger partial charge in [-0.05, 0) is 31.4 Å². The number of aromatic amines is 1. The molecule has 11 heteroatoms. The maximum absolute atomic E-state index is 12.1. The van der Waals surface area contributed by atoms with Crippen LogP contribution in [-0.2, 0) is 9.84 Å². The molecule has 3 aromatic heterocycles. The average molecular weight is 454 g/mol. The fourth-order valence-corrected chi connectivity index (χ4v) is 4.67. The van der Waals surface area contributed by atoms with Crippen LogP contribution in [0, 0.1) is 23.2 Å². The maximum Gasteiger partial charge on any atom is 0.252 e. The van der Waals surface area contributed by atoms with Crippen LogP contribution in [0.2, 0.25) is 0 Å². The Bertz CT molecular complexity index is 1290. The highest BCUT2D eigenvalue weighted by molar-refractivity contribution is 7.90. The van der Waals surface area contributed by atoms with E-state index < -0.39 is 9.84 Å². The molecule has 2 aliphatic rings. The van der Waals surface area contributed by atoms with Crippen LogP contribution in [0.25, 0.3) is 11.0 Å². The first-order chi connectivity index (χ1) is 15.4. The molecule has 0 aromatic carbocycles. The third kappa shape index (κ3) is 4.10. The number of pyridine rings is 1. The summed E-state index contributed by atoms with van der Waals surface area (Å²) < 4.78 is 30.0. The minimum absolute atomic E-state index is 0.0125. The summed E-state index contributed by atoms with van der Waals surface area (Å²) in [4.78, 5) is 14.7. The third-order valence-electron chi connectivity index (χ3n) is 6.12. The fourth-order valence-electron chi connectivity index (χ4n) is 4.15. The van der Waals surface area contributed by atoms with E-state index in [4.69, 9.17) is 10.00 Å². The van der Waals surface area contributed by atoms with E-state index in [2.05, 4.69) is 36.1 Å². The number of ether oxygens (including phenoxy) is 1. The number of nitriles is 1. The van der Waals surface area contributed by atoms with Crippen molar-refractivity contribution >= 4 is 26.7 Å². The Balaban J connectivity index is 1.33. The predicted molar refractivity (Wildman–Crippen MR) is 116 cm³/mol. The van der Waals surface area contributed by atoms with Gasteiger partial charge in [0.25, 0.3) is 5.16 Å². The van der Waals surface area contributed by atoms with Gasteiger partial charge in [-0.15, -0.1) is 0 Å². The van der Waals surface area contributed by atoms with Gasteiger partial charge in [0.15, 0.2) is 5.65 Å². The molecule has 10 nitrogen and oxygen atoms in total. The summed E-state index contributed by atoms with van der Waals surface area (Å²) in [6.07, 6.45) is 5.36. The van der Waals surface area contributed by atoms with Crippen molar-refractivity contribution in [1.29, 1.82) is 5.26 Å². The molecule has 0 unspecified atom stereocenters. The standard InChI is InChI=1S/C21H23N7O3S/c1-32(29,30)21-24-17(10-18(25-21)31-12-15-9-14(15)11-22)28-7-4-13(5-8-28)19-16-3-2-6-23-20(16)27-26-19/h2-3,6,10,13-15H,4-5,7-9,12H2,1H3,(H,23,26,27)/t14-,15+/m0/s1. The zero-order valence-corrected chi connectivity index (χ0v) is 18.4. The molecule has 2 atom stereocenters. The van der Waals surface area contributed by atoms with Crippen molar-refractivity contribution in [3.05, 3.63) is 30.1 Å². The summed E-state index contributed by atoms with van der Waals surface area (Å²) in [7, 11) is -3.60. The van der Waals surface area contributed by atoms with E-state index >= 15 is 0 Å². The molecule has 0 spiro atoms. The van der Waals surface area contributed by atoms with Crippen LogP contribution in [-0.4, -0.2) is 59.5 Å². The van der Waals surface area contributed by atoms with Crippen molar-refractivity contribution in [2.24, 2.45) is 11.8 Å². The first-order valence-corrected chi connectivity index (χ1v) is 12.5. The number of H-pyrrole nitrogens is 1. The number of sulfone groups is 1. The molecule has 0 radical (unpaired) electrons. The molecule has 1 aliphatic heterocycles. The normalized spacial score (nSPS) is 21.4. The second kappa shape index (κ2) is 8.02. The van der Waals surface area contributed by atoms with Crippen molar-refractivity contribution in [2.45, 2.75) is 30.3 Å². The van der Waals surface area contributed by atoms with Crippen LogP contribution in [0.15, 0.2) is 29.6 Å². The smallest absolute Gasteiger partial charge is 0.252 e. The zero-order valence-electron chi connectivity index (χ0n) is 17.6. The first kappa shape index (κ1) is 20.6. The molecule has 166 valence electrons. The Morgan fingerprint density at radius 2 is 2.12 bits per heavy atom. The summed E-state index contributed by atoms with van der Waals surface area (Å²) in [5.74, 6) is 1.27. The van der Waals surface area contributed by atoms with Crippen LogP contribution >= 0.6 is 0 Å². The van der Waals surface area contributed by atoms with E-state index in [1.807, 2.05) is 12.1 Å². The molecule has 1 saturated heterocycles. The maximum atomic E-state index is 12.1. The number of anilines is 1. The van der Waals surface area contributed by atoms with Crippen molar-refractivity contribution in [1.82, 2.24) is 25.1 Å². The monoisotopic (exact) mass is 453 g/mol. The number of nitrogens with zero attached hydrogens (tertiary/aromatic N) is 6. The lowest BCUT2D eigenvalue weighted by molar-refractivity contribution is 0.281. The summed E-state index contributed by atoms with van der Waals surface area (Å²) in [5.41, 5.74) is 1.81. The second-order valence-electron chi connectivity index (χ2n) is 8.43. The Labute approximate surface area is 185 Å². The molecule has 2 fully saturated rings. The molecular formula is C21H23N7O3S. The molecule has 0 bridgehead atoms. The summed E-state index contributed by atoms with van der Waals surface area (Å²) >= 11 is 0. The van der Waals surface area contributed by atoms with Crippen LogP contribution < -0.4 is 9.64 Å². The van der Waals surface area contributed by atoms with Gasteiger partial charge < -0.3 is 9.64 Å². The molecule has 3 aromatic rings. The van der Waals surface area contributed by atoms with E-state index in [-0.39, 0.29) is 22.9 Å². The zero-order chi connectivity index (χ0) is 22.3. The van der Waals surface area contributed by atoms with E-state index in [9.17, 15) is 8.42 Å². The van der Waals surface area contributed by atoms with Crippen molar-refractivity contribution in [2.75, 3.05) is 30.9 Å². The molecule has 4 heterocycles. The fraction of sp³-hybridized carbons (Fsp3) is 0.476. The van der Waals surface area contributed by atoms with Crippen LogP contribution in [0.4, 0.5) is 5.82 Å². The van der Waals surface area contributed by atoms with Gasteiger partial charge >= 0.3 is 0 Å². The number of hydrogen-bond donors (Lipinski definition) is 1. The Morgan fingerprint density at radius 3 is 2.84 bits per heavy atom. The molecule has 1 aliphatic carbocycles. The van der Waals surface area contributed by atoms with Crippen molar-refractivity contribution < 1.29 is 13.2 Å². The number of aromatic nitrogens is 5. The summed E-state index contributed by atoms with van der Waals surface area (Å²) in [6, 6.07) is 7.84. The van der Waals surface area contributed by atoms with Gasteiger partial charge in [-0.25, -0.2) is 18.4 Å². The van der Waals surface area contributed by atoms with Gasteiger partial charge in [-0.1, -0.05) is 0 Å². The SMILES string of the molecule is CS(=O)(=O)c1nc(OC[C@H]2C[C@H]2C#N)cc(N2CCC(c3[nH]nc4ncccc34)CC2)n1. The molecule has 1 saturated carbocycles. The predicted octanol–water partition coefficient (Wildman–Crippen LogP) is 2.07. The number of hydrogen-bond acceptors (Lipinski definition) is 9. The largest absolute Gasteiger partial charge is 0.477 e. The number of piperidine rings is 1. The first-order valence-electron chi connectivity index (χ1n) is 10.6. The molecule has 0 amide bonds. The Kier molecular flexibility index (Phi) is 5.17. The van der Waals surface area contributed by atoms with E-state index in [0.29, 0.717) is 31.4 Å². The van der Waals surface area contributed by atoms with Crippen LogP contribution in [0.1, 0.15) is 30.9 Å². The van der Waals surface area contributed by atoms with E-state index in [1.54, 1.807) is 12.3 Å². The summed E-state index contributed by atoms with van der Waals surface area (Å²) in [5, 5.41) is 17.2. The minimum Gasteiger partial charge on any atom is -0.477 e. The minimum atomic E-state index is -3.60. The van der Waals surface area contributed by atoms with Crippen LogP contribution in [0.3, 0.4) is 0 Å². The van der Waals surface area contributed by atoms with E-state index in [1.165, 1.54) is 0 Å². The van der Waals surface area contributed by atoms with Crippen molar-refractivity contribution in [3.8, 4) is 11.9 Å². The highest BCUT2D eigenvalue weighted by atomic mass is 32.2. The Hall–Kier alpha value is -3.26. The number of rotatable bonds is 6. The third-order valence-corrected chi connectivity index (χ3v) is 6.97. The second-order valence-corrected chi connectivity index (χ2v) is 10.3. The molecule has 1 N–H and O–H groups in total. The van der Waals surface area contributed by atoms with Gasteiger partial charge in [0.05, 0.1) is 18.6 Å².